The molecule has 2 heteroatoms. The Hall–Kier alpha value is -1.05. The van der Waals surface area contributed by atoms with Crippen molar-refractivity contribution in [3.05, 3.63) is 24.8 Å². The second kappa shape index (κ2) is 16.4. The van der Waals surface area contributed by atoms with E-state index in [0.29, 0.717) is 0 Å². The molecule has 1 aromatic rings. The topological polar surface area (TPSA) is 17.8 Å². The summed E-state index contributed by atoms with van der Waals surface area (Å²) in [6.45, 7) is 6.10. The lowest BCUT2D eigenvalue weighted by molar-refractivity contribution is 0.528. The van der Waals surface area contributed by atoms with Crippen LogP contribution in [-0.2, 0) is 6.42 Å². The van der Waals surface area contributed by atoms with E-state index in [1.54, 1.807) is 0 Å². The molecule has 25 heavy (non-hydrogen) atoms. The minimum atomic E-state index is 1.08. The first-order valence-electron chi connectivity index (χ1n) is 11.0. The molecule has 0 unspecified atom stereocenters. The molecule has 0 amide bonds. The second-order valence-corrected chi connectivity index (χ2v) is 7.49. The molecule has 0 saturated heterocycles. The SMILES string of the molecule is C=Cn1ccnc1CCCCCCCCCCCCCCCCCC. The monoisotopic (exact) mass is 346 g/mol. The third-order valence-electron chi connectivity index (χ3n) is 5.20. The zero-order chi connectivity index (χ0) is 18.0. The minimum absolute atomic E-state index is 1.08. The summed E-state index contributed by atoms with van der Waals surface area (Å²) in [4.78, 5) is 4.39. The van der Waals surface area contributed by atoms with Crippen molar-refractivity contribution in [3.63, 3.8) is 0 Å². The standard InChI is InChI=1S/C23H42N2/c1-3-5-6-7-8-9-10-11-12-13-14-15-16-17-18-19-20-23-24-21-22-25(23)4-2/h4,21-22H,2-3,5-20H2,1H3. The second-order valence-electron chi connectivity index (χ2n) is 7.49. The zero-order valence-electron chi connectivity index (χ0n) is 16.9. The Bertz CT molecular complexity index is 408. The van der Waals surface area contributed by atoms with Gasteiger partial charge >= 0.3 is 0 Å². The summed E-state index contributed by atoms with van der Waals surface area (Å²) >= 11 is 0. The van der Waals surface area contributed by atoms with Gasteiger partial charge in [-0.3, -0.25) is 0 Å². The van der Waals surface area contributed by atoms with Crippen LogP contribution in [0, 0.1) is 0 Å². The molecule has 0 aliphatic rings. The number of hydrogen-bond donors (Lipinski definition) is 0. The quantitative estimate of drug-likeness (QED) is 0.248. The Kier molecular flexibility index (Phi) is 14.4. The van der Waals surface area contributed by atoms with Crippen molar-refractivity contribution in [1.82, 2.24) is 9.55 Å². The fourth-order valence-electron chi connectivity index (χ4n) is 3.53. The molecular weight excluding hydrogens is 304 g/mol. The Morgan fingerprint density at radius 1 is 0.760 bits per heavy atom. The third kappa shape index (κ3) is 12.0. The molecule has 0 bridgehead atoms. The van der Waals surface area contributed by atoms with E-state index in [9.17, 15) is 0 Å². The molecule has 1 rings (SSSR count). The Labute approximate surface area is 157 Å². The van der Waals surface area contributed by atoms with Crippen LogP contribution in [0.15, 0.2) is 19.0 Å². The molecule has 144 valence electrons. The number of aromatic nitrogens is 2. The highest BCUT2D eigenvalue weighted by molar-refractivity contribution is 5.19. The smallest absolute Gasteiger partial charge is 0.112 e. The zero-order valence-corrected chi connectivity index (χ0v) is 16.9. The highest BCUT2D eigenvalue weighted by Crippen LogP contribution is 2.14. The van der Waals surface area contributed by atoms with Gasteiger partial charge in [0.15, 0.2) is 0 Å². The van der Waals surface area contributed by atoms with Crippen LogP contribution in [0.1, 0.15) is 115 Å². The molecule has 0 aliphatic heterocycles. The molecule has 0 saturated carbocycles. The number of imidazole rings is 1. The van der Waals surface area contributed by atoms with Crippen LogP contribution in [0.3, 0.4) is 0 Å². The van der Waals surface area contributed by atoms with Crippen molar-refractivity contribution >= 4 is 6.20 Å². The van der Waals surface area contributed by atoms with Gasteiger partial charge < -0.3 is 4.57 Å². The molecule has 0 atom stereocenters. The molecule has 0 spiro atoms. The van der Waals surface area contributed by atoms with Gasteiger partial charge in [0.05, 0.1) is 0 Å². The predicted octanol–water partition coefficient (Wildman–Crippen LogP) is 7.79. The minimum Gasteiger partial charge on any atom is -0.311 e. The van der Waals surface area contributed by atoms with E-state index in [1.165, 1.54) is 103 Å². The summed E-state index contributed by atoms with van der Waals surface area (Å²) in [5, 5.41) is 0. The maximum Gasteiger partial charge on any atom is 0.112 e. The van der Waals surface area contributed by atoms with Crippen LogP contribution in [0.4, 0.5) is 0 Å². The molecule has 1 heterocycles. The highest BCUT2D eigenvalue weighted by atomic mass is 15.0. The van der Waals surface area contributed by atoms with Crippen LogP contribution in [-0.4, -0.2) is 9.55 Å². The fraction of sp³-hybridized carbons (Fsp3) is 0.783. The summed E-state index contributed by atoms with van der Waals surface area (Å²) in [6.07, 6.45) is 29.5. The summed E-state index contributed by atoms with van der Waals surface area (Å²) in [6, 6.07) is 0. The van der Waals surface area contributed by atoms with Crippen molar-refractivity contribution < 1.29 is 0 Å². The number of nitrogens with zero attached hydrogens (tertiary/aromatic N) is 2. The first kappa shape index (κ1) is 22.0. The number of rotatable bonds is 18. The summed E-state index contributed by atoms with van der Waals surface area (Å²) < 4.78 is 2.03. The van der Waals surface area contributed by atoms with E-state index in [-0.39, 0.29) is 0 Å². The van der Waals surface area contributed by atoms with Crippen molar-refractivity contribution in [2.24, 2.45) is 0 Å². The van der Waals surface area contributed by atoms with E-state index in [2.05, 4.69) is 18.5 Å². The van der Waals surface area contributed by atoms with E-state index in [1.807, 2.05) is 23.2 Å². The highest BCUT2D eigenvalue weighted by Gasteiger charge is 1.99. The molecule has 0 aliphatic carbocycles. The average Bonchev–Trinajstić information content (AvgIpc) is 3.09. The molecule has 2 nitrogen and oxygen atoms in total. The van der Waals surface area contributed by atoms with Crippen LogP contribution in [0.2, 0.25) is 0 Å². The first-order chi connectivity index (χ1) is 12.4. The normalized spacial score (nSPS) is 11.1. The van der Waals surface area contributed by atoms with E-state index in [4.69, 9.17) is 0 Å². The van der Waals surface area contributed by atoms with Crippen LogP contribution >= 0.6 is 0 Å². The summed E-state index contributed by atoms with van der Waals surface area (Å²) in [7, 11) is 0. The summed E-state index contributed by atoms with van der Waals surface area (Å²) in [5.74, 6) is 1.15. The van der Waals surface area contributed by atoms with Gasteiger partial charge in [-0.05, 0) is 6.42 Å². The Balaban J connectivity index is 1.75. The lowest BCUT2D eigenvalue weighted by Crippen LogP contribution is -1.95. The molecular formula is C23H42N2. The van der Waals surface area contributed by atoms with Gasteiger partial charge in [0.1, 0.15) is 5.82 Å². The molecule has 0 fully saturated rings. The maximum atomic E-state index is 4.39. The van der Waals surface area contributed by atoms with E-state index >= 15 is 0 Å². The molecule has 0 radical (unpaired) electrons. The first-order valence-corrected chi connectivity index (χ1v) is 11.0. The van der Waals surface area contributed by atoms with Gasteiger partial charge in [-0.25, -0.2) is 4.98 Å². The van der Waals surface area contributed by atoms with Gasteiger partial charge in [0.2, 0.25) is 0 Å². The Morgan fingerprint density at radius 3 is 1.64 bits per heavy atom. The lowest BCUT2D eigenvalue weighted by atomic mass is 10.0. The van der Waals surface area contributed by atoms with E-state index < -0.39 is 0 Å². The fourth-order valence-corrected chi connectivity index (χ4v) is 3.53. The number of unbranched alkanes of at least 4 members (excludes halogenated alkanes) is 15. The third-order valence-corrected chi connectivity index (χ3v) is 5.20. The molecule has 0 aromatic carbocycles. The van der Waals surface area contributed by atoms with Gasteiger partial charge in [-0.1, -0.05) is 110 Å². The molecule has 0 N–H and O–H groups in total. The van der Waals surface area contributed by atoms with Gasteiger partial charge in [0, 0.05) is 25.0 Å². The largest absolute Gasteiger partial charge is 0.311 e. The van der Waals surface area contributed by atoms with Crippen molar-refractivity contribution in [3.8, 4) is 0 Å². The predicted molar refractivity (Wildman–Crippen MR) is 112 cm³/mol. The van der Waals surface area contributed by atoms with Crippen molar-refractivity contribution in [2.45, 2.75) is 116 Å². The number of hydrogen-bond acceptors (Lipinski definition) is 1. The van der Waals surface area contributed by atoms with Gasteiger partial charge in [0.25, 0.3) is 0 Å². The van der Waals surface area contributed by atoms with Crippen LogP contribution in [0.5, 0.6) is 0 Å². The van der Waals surface area contributed by atoms with Crippen LogP contribution in [0.25, 0.3) is 6.20 Å². The van der Waals surface area contributed by atoms with Gasteiger partial charge in [-0.15, -0.1) is 0 Å². The summed E-state index contributed by atoms with van der Waals surface area (Å²) in [5.41, 5.74) is 0. The average molecular weight is 347 g/mol. The lowest BCUT2D eigenvalue weighted by Gasteiger charge is -2.04. The molecule has 1 aromatic heterocycles. The van der Waals surface area contributed by atoms with Crippen molar-refractivity contribution in [2.75, 3.05) is 0 Å². The van der Waals surface area contributed by atoms with Gasteiger partial charge in [-0.2, -0.15) is 0 Å². The number of aryl methyl sites for hydroxylation is 1. The maximum absolute atomic E-state index is 4.39. The van der Waals surface area contributed by atoms with Crippen molar-refractivity contribution in [1.29, 1.82) is 0 Å². The van der Waals surface area contributed by atoms with E-state index in [0.717, 1.165) is 12.2 Å². The van der Waals surface area contributed by atoms with Crippen LogP contribution < -0.4 is 0 Å². The Morgan fingerprint density at radius 2 is 1.20 bits per heavy atom.